The highest BCUT2D eigenvalue weighted by Crippen LogP contribution is 2.22. The molecule has 4 heteroatoms. The second-order valence-electron chi connectivity index (χ2n) is 4.86. The van der Waals surface area contributed by atoms with Gasteiger partial charge < -0.3 is 5.32 Å². The Morgan fingerprint density at radius 1 is 0.850 bits per heavy atom. The molecule has 2 atom stereocenters. The third kappa shape index (κ3) is 3.87. The lowest BCUT2D eigenvalue weighted by Gasteiger charge is -2.21. The molecular weight excluding hydrogens is 324 g/mol. The normalized spacial score (nSPS) is 14.1. The fourth-order valence-electron chi connectivity index (χ4n) is 2.14. The van der Waals surface area contributed by atoms with Crippen molar-refractivity contribution < 1.29 is 8.78 Å². The lowest BCUT2D eigenvalue weighted by atomic mass is 10.0. The summed E-state index contributed by atoms with van der Waals surface area (Å²) >= 11 is 3.39. The predicted molar refractivity (Wildman–Crippen MR) is 80.5 cm³/mol. The van der Waals surface area contributed by atoms with Gasteiger partial charge in [0.05, 0.1) is 0 Å². The molecule has 0 aliphatic heterocycles. The molecule has 0 bridgehead atoms. The van der Waals surface area contributed by atoms with E-state index >= 15 is 0 Å². The minimum atomic E-state index is -0.551. The molecule has 1 nitrogen and oxygen atoms in total. The molecule has 0 aliphatic rings. The molecule has 0 fully saturated rings. The van der Waals surface area contributed by atoms with Crippen LogP contribution in [0.2, 0.25) is 0 Å². The molecule has 0 saturated heterocycles. The van der Waals surface area contributed by atoms with Crippen LogP contribution < -0.4 is 5.32 Å². The number of nitrogens with one attached hydrogen (secondary N) is 1. The molecule has 106 valence electrons. The molecule has 0 heterocycles. The Labute approximate surface area is 126 Å². The van der Waals surface area contributed by atoms with Gasteiger partial charge in [0.2, 0.25) is 0 Å². The Morgan fingerprint density at radius 2 is 1.35 bits per heavy atom. The van der Waals surface area contributed by atoms with E-state index in [1.54, 1.807) is 0 Å². The predicted octanol–water partition coefficient (Wildman–Crippen LogP) is 5.14. The van der Waals surface area contributed by atoms with E-state index in [1.807, 2.05) is 38.1 Å². The monoisotopic (exact) mass is 339 g/mol. The topological polar surface area (TPSA) is 12.0 Å². The summed E-state index contributed by atoms with van der Waals surface area (Å²) in [4.78, 5) is 0. The van der Waals surface area contributed by atoms with Gasteiger partial charge in [-0.15, -0.1) is 0 Å². The van der Waals surface area contributed by atoms with Crippen molar-refractivity contribution in [3.8, 4) is 0 Å². The van der Waals surface area contributed by atoms with E-state index in [4.69, 9.17) is 0 Å². The lowest BCUT2D eigenvalue weighted by Crippen LogP contribution is -2.22. The maximum atomic E-state index is 13.2. The van der Waals surface area contributed by atoms with Gasteiger partial charge in [-0.05, 0) is 49.2 Å². The summed E-state index contributed by atoms with van der Waals surface area (Å²) in [7, 11) is 0. The molecule has 20 heavy (non-hydrogen) atoms. The molecule has 0 amide bonds. The highest BCUT2D eigenvalue weighted by atomic mass is 79.9. The van der Waals surface area contributed by atoms with Crippen LogP contribution in [0.1, 0.15) is 37.1 Å². The molecule has 0 radical (unpaired) electrons. The van der Waals surface area contributed by atoms with Crippen LogP contribution in [0, 0.1) is 11.6 Å². The van der Waals surface area contributed by atoms with Gasteiger partial charge in [0, 0.05) is 22.6 Å². The Morgan fingerprint density at radius 3 is 1.90 bits per heavy atom. The van der Waals surface area contributed by atoms with Crippen molar-refractivity contribution in [1.29, 1.82) is 0 Å². The van der Waals surface area contributed by atoms with Crippen molar-refractivity contribution >= 4 is 15.9 Å². The molecule has 2 aromatic rings. The van der Waals surface area contributed by atoms with Crippen molar-refractivity contribution in [2.75, 3.05) is 0 Å². The van der Waals surface area contributed by atoms with E-state index in [1.165, 1.54) is 12.1 Å². The Balaban J connectivity index is 2.10. The van der Waals surface area contributed by atoms with Gasteiger partial charge >= 0.3 is 0 Å². The maximum absolute atomic E-state index is 13.2. The lowest BCUT2D eigenvalue weighted by molar-refractivity contribution is 0.487. The minimum Gasteiger partial charge on any atom is -0.304 e. The summed E-state index contributed by atoms with van der Waals surface area (Å²) in [5, 5.41) is 3.34. The van der Waals surface area contributed by atoms with E-state index in [2.05, 4.69) is 21.2 Å². The van der Waals surface area contributed by atoms with E-state index < -0.39 is 11.6 Å². The first kappa shape index (κ1) is 15.1. The first-order chi connectivity index (χ1) is 9.45. The maximum Gasteiger partial charge on any atom is 0.126 e. The third-order valence-electron chi connectivity index (χ3n) is 3.25. The van der Waals surface area contributed by atoms with Gasteiger partial charge in [-0.25, -0.2) is 8.78 Å². The van der Waals surface area contributed by atoms with Gasteiger partial charge in [-0.3, -0.25) is 0 Å². The molecule has 0 saturated carbocycles. The molecule has 2 aromatic carbocycles. The third-order valence-corrected chi connectivity index (χ3v) is 3.78. The fourth-order valence-corrected chi connectivity index (χ4v) is 2.41. The summed E-state index contributed by atoms with van der Waals surface area (Å²) in [6.45, 7) is 3.92. The second kappa shape index (κ2) is 6.46. The Bertz CT molecular complexity index is 563. The van der Waals surface area contributed by atoms with Crippen LogP contribution in [0.5, 0.6) is 0 Å². The molecule has 1 unspecified atom stereocenters. The fraction of sp³-hybridized carbons (Fsp3) is 0.250. The van der Waals surface area contributed by atoms with Gasteiger partial charge in [0.15, 0.2) is 0 Å². The molecule has 0 aromatic heterocycles. The number of halogens is 3. The highest BCUT2D eigenvalue weighted by Gasteiger charge is 2.12. The molecule has 0 aliphatic carbocycles. The van der Waals surface area contributed by atoms with Crippen LogP contribution in [0.3, 0.4) is 0 Å². The SMILES string of the molecule is CC(N[C@@H](C)c1ccc(Br)cc1)c1cc(F)cc(F)c1. The zero-order valence-corrected chi connectivity index (χ0v) is 12.9. The summed E-state index contributed by atoms with van der Waals surface area (Å²) in [6.07, 6.45) is 0. The van der Waals surface area contributed by atoms with Crippen molar-refractivity contribution in [2.24, 2.45) is 0 Å². The number of hydrogen-bond donors (Lipinski definition) is 1. The average molecular weight is 340 g/mol. The van der Waals surface area contributed by atoms with Gasteiger partial charge in [0.1, 0.15) is 11.6 Å². The number of hydrogen-bond acceptors (Lipinski definition) is 1. The summed E-state index contributed by atoms with van der Waals surface area (Å²) in [6, 6.07) is 11.5. The van der Waals surface area contributed by atoms with E-state index in [9.17, 15) is 8.78 Å². The molecule has 2 rings (SSSR count). The Kier molecular flexibility index (Phi) is 4.89. The van der Waals surface area contributed by atoms with E-state index in [0.717, 1.165) is 16.1 Å². The largest absolute Gasteiger partial charge is 0.304 e. The highest BCUT2D eigenvalue weighted by molar-refractivity contribution is 9.10. The minimum absolute atomic E-state index is 0.0874. The van der Waals surface area contributed by atoms with E-state index in [0.29, 0.717) is 5.56 Å². The molecular formula is C16H16BrF2N. The van der Waals surface area contributed by atoms with Crippen molar-refractivity contribution in [1.82, 2.24) is 5.32 Å². The smallest absolute Gasteiger partial charge is 0.126 e. The number of rotatable bonds is 4. The second-order valence-corrected chi connectivity index (χ2v) is 5.78. The standard InChI is InChI=1S/C16H16BrF2N/c1-10(12-3-5-14(17)6-4-12)20-11(2)13-7-15(18)9-16(19)8-13/h3-11,20H,1-2H3/t10-,11?/m0/s1. The average Bonchev–Trinajstić information content (AvgIpc) is 2.38. The van der Waals surface area contributed by atoms with Crippen molar-refractivity contribution in [3.05, 3.63) is 69.7 Å². The number of benzene rings is 2. The summed E-state index contributed by atoms with van der Waals surface area (Å²) in [5.74, 6) is -1.10. The van der Waals surface area contributed by atoms with Crippen LogP contribution in [-0.2, 0) is 0 Å². The van der Waals surface area contributed by atoms with Crippen molar-refractivity contribution in [3.63, 3.8) is 0 Å². The first-order valence-electron chi connectivity index (χ1n) is 6.43. The summed E-state index contributed by atoms with van der Waals surface area (Å²) < 4.78 is 27.5. The molecule has 0 spiro atoms. The summed E-state index contributed by atoms with van der Waals surface area (Å²) in [5.41, 5.74) is 1.73. The van der Waals surface area contributed by atoms with Gasteiger partial charge in [0.25, 0.3) is 0 Å². The van der Waals surface area contributed by atoms with Gasteiger partial charge in [-0.1, -0.05) is 28.1 Å². The van der Waals surface area contributed by atoms with Crippen molar-refractivity contribution in [2.45, 2.75) is 25.9 Å². The first-order valence-corrected chi connectivity index (χ1v) is 7.22. The van der Waals surface area contributed by atoms with Crippen LogP contribution in [0.4, 0.5) is 8.78 Å². The molecule has 1 N–H and O–H groups in total. The quantitative estimate of drug-likeness (QED) is 0.813. The van der Waals surface area contributed by atoms with E-state index in [-0.39, 0.29) is 12.1 Å². The zero-order chi connectivity index (χ0) is 14.7. The van der Waals surface area contributed by atoms with Crippen LogP contribution in [-0.4, -0.2) is 0 Å². The van der Waals surface area contributed by atoms with Crippen LogP contribution in [0.15, 0.2) is 46.9 Å². The van der Waals surface area contributed by atoms with Crippen LogP contribution in [0.25, 0.3) is 0 Å². The van der Waals surface area contributed by atoms with Crippen LogP contribution >= 0.6 is 15.9 Å². The zero-order valence-electron chi connectivity index (χ0n) is 11.3. The van der Waals surface area contributed by atoms with Gasteiger partial charge in [-0.2, -0.15) is 0 Å². The Hall–Kier alpha value is -1.26.